The summed E-state index contributed by atoms with van der Waals surface area (Å²) in [6.07, 6.45) is 3.38. The Kier molecular flexibility index (Phi) is 3.78. The van der Waals surface area contributed by atoms with E-state index < -0.39 is 6.04 Å². The molecule has 0 aliphatic rings. The molecule has 0 saturated heterocycles. The molecule has 3 aromatic heterocycles. The zero-order valence-electron chi connectivity index (χ0n) is 13.5. The lowest BCUT2D eigenvalue weighted by molar-refractivity contribution is 0.399. The number of benzene rings is 1. The molecule has 0 amide bonds. The van der Waals surface area contributed by atoms with Crippen LogP contribution in [-0.4, -0.2) is 20.2 Å². The molecule has 0 bridgehead atoms. The highest BCUT2D eigenvalue weighted by atomic mass is 16.5. The zero-order valence-corrected chi connectivity index (χ0v) is 13.5. The van der Waals surface area contributed by atoms with Gasteiger partial charge < -0.3 is 14.9 Å². The minimum atomic E-state index is -0.392. The van der Waals surface area contributed by atoms with Gasteiger partial charge in [0.25, 0.3) is 0 Å². The van der Waals surface area contributed by atoms with Gasteiger partial charge >= 0.3 is 0 Å². The third kappa shape index (κ3) is 2.89. The highest BCUT2D eigenvalue weighted by molar-refractivity contribution is 5.85. The molecule has 6 nitrogen and oxygen atoms in total. The fourth-order valence-electron chi connectivity index (χ4n) is 2.82. The topological polar surface area (TPSA) is 84.1 Å². The third-order valence-corrected chi connectivity index (χ3v) is 3.99. The number of phenols is 1. The smallest absolute Gasteiger partial charge is 0.170 e. The molecule has 0 aliphatic heterocycles. The van der Waals surface area contributed by atoms with Crippen LogP contribution in [0.2, 0.25) is 0 Å². The number of aromatic hydroxyl groups is 1. The lowest BCUT2D eigenvalue weighted by atomic mass is 9.99. The fraction of sp³-hybridized carbons (Fsp3) is 0.105. The molecule has 0 fully saturated rings. The van der Waals surface area contributed by atoms with E-state index in [4.69, 9.17) is 4.52 Å². The molecule has 4 aromatic rings. The quantitative estimate of drug-likeness (QED) is 0.591. The Balaban J connectivity index is 1.84. The van der Waals surface area contributed by atoms with Crippen LogP contribution in [-0.2, 0) is 0 Å². The molecule has 0 saturated carbocycles. The number of phenolic OH excluding ortho intramolecular Hbond substituents is 1. The van der Waals surface area contributed by atoms with Gasteiger partial charge in [-0.2, -0.15) is 0 Å². The summed E-state index contributed by atoms with van der Waals surface area (Å²) >= 11 is 0. The summed E-state index contributed by atoms with van der Waals surface area (Å²) in [6.45, 7) is 1.82. The van der Waals surface area contributed by atoms with Crippen molar-refractivity contribution in [2.45, 2.75) is 13.0 Å². The molecule has 2 N–H and O–H groups in total. The number of aryl methyl sites for hydroxylation is 1. The Labute approximate surface area is 144 Å². The highest BCUT2D eigenvalue weighted by Crippen LogP contribution is 2.35. The monoisotopic (exact) mass is 332 g/mol. The van der Waals surface area contributed by atoms with Crippen molar-refractivity contribution in [1.29, 1.82) is 0 Å². The first-order valence-corrected chi connectivity index (χ1v) is 7.90. The first kappa shape index (κ1) is 15.1. The lowest BCUT2D eigenvalue weighted by Gasteiger charge is -2.20. The van der Waals surface area contributed by atoms with Crippen LogP contribution >= 0.6 is 0 Å². The fourth-order valence-corrected chi connectivity index (χ4v) is 2.82. The van der Waals surface area contributed by atoms with E-state index in [1.165, 1.54) is 0 Å². The van der Waals surface area contributed by atoms with Gasteiger partial charge in [-0.3, -0.25) is 9.97 Å². The minimum Gasteiger partial charge on any atom is -0.505 e. The lowest BCUT2D eigenvalue weighted by Crippen LogP contribution is -2.14. The predicted octanol–water partition coefficient (Wildman–Crippen LogP) is 3.83. The van der Waals surface area contributed by atoms with Crippen molar-refractivity contribution in [1.82, 2.24) is 15.1 Å². The van der Waals surface area contributed by atoms with E-state index in [0.717, 1.165) is 11.1 Å². The van der Waals surface area contributed by atoms with Crippen molar-refractivity contribution in [3.8, 4) is 5.75 Å². The van der Waals surface area contributed by atoms with Crippen LogP contribution in [0.4, 0.5) is 5.82 Å². The molecule has 4 rings (SSSR count). The summed E-state index contributed by atoms with van der Waals surface area (Å²) in [6, 6.07) is 14.6. The summed E-state index contributed by atoms with van der Waals surface area (Å²) in [5.74, 6) is 1.40. The maximum atomic E-state index is 10.8. The van der Waals surface area contributed by atoms with E-state index in [2.05, 4.69) is 20.4 Å². The van der Waals surface area contributed by atoms with Crippen LogP contribution in [0, 0.1) is 6.92 Å². The molecule has 3 heterocycles. The number of anilines is 1. The maximum Gasteiger partial charge on any atom is 0.170 e. The second-order valence-corrected chi connectivity index (χ2v) is 5.73. The van der Waals surface area contributed by atoms with Gasteiger partial charge in [-0.25, -0.2) is 0 Å². The Bertz CT molecular complexity index is 1010. The van der Waals surface area contributed by atoms with Crippen LogP contribution < -0.4 is 5.32 Å². The van der Waals surface area contributed by atoms with E-state index in [1.54, 1.807) is 18.5 Å². The van der Waals surface area contributed by atoms with E-state index >= 15 is 0 Å². The third-order valence-electron chi connectivity index (χ3n) is 3.99. The van der Waals surface area contributed by atoms with E-state index in [1.807, 2.05) is 49.4 Å². The Hall–Kier alpha value is -3.41. The maximum absolute atomic E-state index is 10.8. The average Bonchev–Trinajstić information content (AvgIpc) is 3.06. The van der Waals surface area contributed by atoms with Crippen molar-refractivity contribution >= 4 is 16.7 Å². The molecule has 1 atom stereocenters. The first-order chi connectivity index (χ1) is 12.2. The summed E-state index contributed by atoms with van der Waals surface area (Å²) in [4.78, 5) is 8.72. The summed E-state index contributed by atoms with van der Waals surface area (Å²) in [5, 5.41) is 18.9. The molecule has 0 aliphatic carbocycles. The van der Waals surface area contributed by atoms with Crippen LogP contribution in [0.15, 0.2) is 65.4 Å². The number of rotatable bonds is 4. The van der Waals surface area contributed by atoms with Crippen LogP contribution in [0.25, 0.3) is 10.9 Å². The minimum absolute atomic E-state index is 0.126. The number of pyridine rings is 2. The van der Waals surface area contributed by atoms with Crippen LogP contribution in [0.3, 0.4) is 0 Å². The van der Waals surface area contributed by atoms with Gasteiger partial charge in [-0.05, 0) is 25.1 Å². The number of hydrogen-bond donors (Lipinski definition) is 2. The van der Waals surface area contributed by atoms with Gasteiger partial charge in [0.1, 0.15) is 17.0 Å². The predicted molar refractivity (Wildman–Crippen MR) is 94.4 cm³/mol. The molecular formula is C19H16N4O2. The molecule has 0 spiro atoms. The highest BCUT2D eigenvalue weighted by Gasteiger charge is 2.22. The van der Waals surface area contributed by atoms with Gasteiger partial charge in [0.2, 0.25) is 0 Å². The van der Waals surface area contributed by atoms with E-state index in [0.29, 0.717) is 22.7 Å². The second-order valence-electron chi connectivity index (χ2n) is 5.73. The van der Waals surface area contributed by atoms with Gasteiger partial charge in [0, 0.05) is 29.4 Å². The largest absolute Gasteiger partial charge is 0.505 e. The molecule has 1 aromatic carbocycles. The van der Waals surface area contributed by atoms with Crippen molar-refractivity contribution in [3.63, 3.8) is 0 Å². The SMILES string of the molecule is Cc1cc(N[C@H](c2ccccn2)c2ccc3cccnc3c2O)no1. The molecule has 0 radical (unpaired) electrons. The summed E-state index contributed by atoms with van der Waals surface area (Å²) < 4.78 is 5.13. The van der Waals surface area contributed by atoms with Gasteiger partial charge in [-0.1, -0.05) is 29.4 Å². The van der Waals surface area contributed by atoms with E-state index in [9.17, 15) is 5.11 Å². The molecular weight excluding hydrogens is 316 g/mol. The zero-order chi connectivity index (χ0) is 17.2. The molecule has 25 heavy (non-hydrogen) atoms. The number of aromatic nitrogens is 3. The first-order valence-electron chi connectivity index (χ1n) is 7.90. The standard InChI is InChI=1S/C19H16N4O2/c1-12-11-16(23-25-12)22-18(15-6-2-3-9-20-15)14-8-7-13-5-4-10-21-17(13)19(14)24/h2-11,18,24H,1H3,(H,22,23)/t18-/m0/s1. The number of fused-ring (bicyclic) bond motifs is 1. The Morgan fingerprint density at radius 2 is 1.92 bits per heavy atom. The van der Waals surface area contributed by atoms with Gasteiger partial charge in [-0.15, -0.1) is 0 Å². The van der Waals surface area contributed by atoms with Gasteiger partial charge in [0.05, 0.1) is 11.7 Å². The number of hydrogen-bond acceptors (Lipinski definition) is 6. The van der Waals surface area contributed by atoms with Crippen molar-refractivity contribution < 1.29 is 9.63 Å². The molecule has 124 valence electrons. The Morgan fingerprint density at radius 3 is 2.68 bits per heavy atom. The summed E-state index contributed by atoms with van der Waals surface area (Å²) in [5.41, 5.74) is 1.98. The van der Waals surface area contributed by atoms with E-state index in [-0.39, 0.29) is 5.75 Å². The molecule has 0 unspecified atom stereocenters. The number of nitrogens with zero attached hydrogens (tertiary/aromatic N) is 3. The molecule has 6 heteroatoms. The van der Waals surface area contributed by atoms with Crippen molar-refractivity contribution in [2.75, 3.05) is 5.32 Å². The Morgan fingerprint density at radius 1 is 1.04 bits per heavy atom. The van der Waals surface area contributed by atoms with Gasteiger partial charge in [0.15, 0.2) is 5.82 Å². The summed E-state index contributed by atoms with van der Waals surface area (Å²) in [7, 11) is 0. The van der Waals surface area contributed by atoms with Crippen LogP contribution in [0.1, 0.15) is 23.1 Å². The second kappa shape index (κ2) is 6.24. The number of nitrogens with one attached hydrogen (secondary N) is 1. The van der Waals surface area contributed by atoms with Crippen molar-refractivity contribution in [2.24, 2.45) is 0 Å². The normalized spacial score (nSPS) is 12.2. The van der Waals surface area contributed by atoms with Crippen LogP contribution in [0.5, 0.6) is 5.75 Å². The van der Waals surface area contributed by atoms with Crippen molar-refractivity contribution in [3.05, 3.63) is 77.9 Å². The average molecular weight is 332 g/mol.